The van der Waals surface area contributed by atoms with Gasteiger partial charge in [0.2, 0.25) is 0 Å². The van der Waals surface area contributed by atoms with Gasteiger partial charge in [-0.15, -0.1) is 0 Å². The van der Waals surface area contributed by atoms with E-state index in [1.54, 1.807) is 10.8 Å². The van der Waals surface area contributed by atoms with E-state index in [1.165, 1.54) is 16.4 Å². The van der Waals surface area contributed by atoms with Crippen LogP contribution in [0.1, 0.15) is 12.5 Å². The Balaban J connectivity index is 1.76. The Morgan fingerprint density at radius 3 is 2.38 bits per heavy atom. The Kier molecular flexibility index (Phi) is 4.78. The minimum atomic E-state index is 0.0440. The maximum Gasteiger partial charge on any atom is 0.130 e. The number of rotatable bonds is 4. The van der Waals surface area contributed by atoms with Gasteiger partial charge in [0.1, 0.15) is 23.4 Å². The highest BCUT2D eigenvalue weighted by molar-refractivity contribution is 6.09. The average molecular weight is 413 g/mol. The molecule has 32 heavy (non-hydrogen) atoms. The lowest BCUT2D eigenvalue weighted by Gasteiger charge is -2.04. The van der Waals surface area contributed by atoms with Gasteiger partial charge in [0.05, 0.1) is 5.69 Å². The number of benzene rings is 3. The Bertz CT molecular complexity index is 1550. The molecule has 0 unspecified atom stereocenters. The van der Waals surface area contributed by atoms with Gasteiger partial charge in [-0.2, -0.15) is 15.6 Å². The quantitative estimate of drug-likeness (QED) is 0.334. The van der Waals surface area contributed by atoms with E-state index in [4.69, 9.17) is 5.10 Å². The summed E-state index contributed by atoms with van der Waals surface area (Å²) in [5.74, 6) is 0. The number of aryl methyl sites for hydroxylation is 1. The second-order valence-electron chi connectivity index (χ2n) is 7.49. The largest absolute Gasteiger partial charge is 0.341 e. The van der Waals surface area contributed by atoms with Crippen molar-refractivity contribution in [1.29, 1.82) is 10.5 Å². The van der Waals surface area contributed by atoms with Crippen LogP contribution in [0.25, 0.3) is 44.8 Å². The second kappa shape index (κ2) is 7.91. The summed E-state index contributed by atoms with van der Waals surface area (Å²) < 4.78 is 4.09. The minimum absolute atomic E-state index is 0.0440. The Labute approximate surface area is 185 Å². The van der Waals surface area contributed by atoms with Gasteiger partial charge in [-0.25, -0.2) is 4.68 Å². The molecule has 2 aromatic heterocycles. The van der Waals surface area contributed by atoms with E-state index < -0.39 is 0 Å². The second-order valence-corrected chi connectivity index (χ2v) is 7.49. The first kappa shape index (κ1) is 19.4. The van der Waals surface area contributed by atoms with E-state index in [-0.39, 0.29) is 5.57 Å². The number of allylic oxidation sites excluding steroid dienone is 1. The molecule has 0 aliphatic heterocycles. The van der Waals surface area contributed by atoms with E-state index in [0.29, 0.717) is 0 Å². The van der Waals surface area contributed by atoms with E-state index in [0.717, 1.165) is 34.4 Å². The lowest BCUT2D eigenvalue weighted by atomic mass is 10.0. The zero-order chi connectivity index (χ0) is 22.1. The molecular formula is C27H19N5. The minimum Gasteiger partial charge on any atom is -0.341 e. The lowest BCUT2D eigenvalue weighted by Crippen LogP contribution is -1.94. The van der Waals surface area contributed by atoms with Gasteiger partial charge in [0, 0.05) is 45.7 Å². The van der Waals surface area contributed by atoms with Gasteiger partial charge in [0.25, 0.3) is 0 Å². The molecule has 0 fully saturated rings. The highest BCUT2D eigenvalue weighted by Crippen LogP contribution is 2.34. The first-order valence-corrected chi connectivity index (χ1v) is 10.4. The smallest absolute Gasteiger partial charge is 0.130 e. The SMILES string of the molecule is CCn1c2ccccc2c2cc(-c3nn(-c4ccccc4)cc3C=C(C#N)C#N)ccc21. The normalized spacial score (nSPS) is 10.7. The van der Waals surface area contributed by atoms with Crippen LogP contribution in [-0.2, 0) is 6.54 Å². The molecule has 0 spiro atoms. The highest BCUT2D eigenvalue weighted by Gasteiger charge is 2.15. The highest BCUT2D eigenvalue weighted by atomic mass is 15.3. The monoisotopic (exact) mass is 413 g/mol. The van der Waals surface area contributed by atoms with Gasteiger partial charge in [-0.1, -0.05) is 42.5 Å². The summed E-state index contributed by atoms with van der Waals surface area (Å²) in [6.07, 6.45) is 3.46. The summed E-state index contributed by atoms with van der Waals surface area (Å²) in [5, 5.41) is 25.8. The van der Waals surface area contributed by atoms with Crippen LogP contribution in [0, 0.1) is 22.7 Å². The van der Waals surface area contributed by atoms with Crippen LogP contribution >= 0.6 is 0 Å². The first-order chi connectivity index (χ1) is 15.7. The molecular weight excluding hydrogens is 394 g/mol. The third kappa shape index (κ3) is 3.14. The average Bonchev–Trinajstić information content (AvgIpc) is 3.41. The Morgan fingerprint density at radius 2 is 1.62 bits per heavy atom. The summed E-state index contributed by atoms with van der Waals surface area (Å²) in [4.78, 5) is 0. The molecule has 5 aromatic rings. The standard InChI is InChI=1S/C27H19N5/c1-2-31-25-11-7-6-10-23(25)24-15-20(12-13-26(24)31)27-21(14-19(16-28)17-29)18-32(30-27)22-8-4-3-5-9-22/h3-15,18H,2H2,1H3. The van der Waals surface area contributed by atoms with E-state index >= 15 is 0 Å². The van der Waals surface area contributed by atoms with Crippen molar-refractivity contribution < 1.29 is 0 Å². The fourth-order valence-electron chi connectivity index (χ4n) is 4.22. The molecule has 0 aliphatic rings. The topological polar surface area (TPSA) is 70.3 Å². The molecule has 5 rings (SSSR count). The van der Waals surface area contributed by atoms with Crippen molar-refractivity contribution in [3.8, 4) is 29.1 Å². The number of fused-ring (bicyclic) bond motifs is 3. The molecule has 2 heterocycles. The van der Waals surface area contributed by atoms with Gasteiger partial charge >= 0.3 is 0 Å². The van der Waals surface area contributed by atoms with Gasteiger partial charge in [-0.05, 0) is 43.3 Å². The summed E-state index contributed by atoms with van der Waals surface area (Å²) >= 11 is 0. The zero-order valence-corrected chi connectivity index (χ0v) is 17.5. The number of hydrogen-bond donors (Lipinski definition) is 0. The van der Waals surface area contributed by atoms with E-state index in [2.05, 4.69) is 54.0 Å². The molecule has 152 valence electrons. The molecule has 0 amide bonds. The van der Waals surface area contributed by atoms with Crippen molar-refractivity contribution in [3.63, 3.8) is 0 Å². The first-order valence-electron chi connectivity index (χ1n) is 10.4. The van der Waals surface area contributed by atoms with Crippen LogP contribution in [0.4, 0.5) is 0 Å². The van der Waals surface area contributed by atoms with Crippen molar-refractivity contribution in [2.75, 3.05) is 0 Å². The maximum atomic E-state index is 9.29. The van der Waals surface area contributed by atoms with E-state index in [9.17, 15) is 10.5 Å². The van der Waals surface area contributed by atoms with Crippen LogP contribution in [0.3, 0.4) is 0 Å². The molecule has 0 aliphatic carbocycles. The molecule has 0 saturated carbocycles. The van der Waals surface area contributed by atoms with Gasteiger partial charge in [0.15, 0.2) is 0 Å². The fourth-order valence-corrected chi connectivity index (χ4v) is 4.22. The molecule has 0 atom stereocenters. The Hall–Kier alpha value is -4.61. The molecule has 0 N–H and O–H groups in total. The van der Waals surface area contributed by atoms with Crippen LogP contribution in [-0.4, -0.2) is 14.3 Å². The Morgan fingerprint density at radius 1 is 0.906 bits per heavy atom. The van der Waals surface area contributed by atoms with Gasteiger partial charge in [-0.3, -0.25) is 0 Å². The predicted octanol–water partition coefficient (Wildman–Crippen LogP) is 6.10. The van der Waals surface area contributed by atoms with Crippen molar-refractivity contribution in [1.82, 2.24) is 14.3 Å². The molecule has 3 aromatic carbocycles. The maximum absolute atomic E-state index is 9.29. The number of nitriles is 2. The van der Waals surface area contributed by atoms with Crippen LogP contribution < -0.4 is 0 Å². The lowest BCUT2D eigenvalue weighted by molar-refractivity contribution is 0.827. The predicted molar refractivity (Wildman–Crippen MR) is 127 cm³/mol. The van der Waals surface area contributed by atoms with Crippen molar-refractivity contribution in [2.24, 2.45) is 0 Å². The molecule has 0 bridgehead atoms. The molecule has 0 saturated heterocycles. The number of aromatic nitrogens is 3. The summed E-state index contributed by atoms with van der Waals surface area (Å²) in [6.45, 7) is 3.03. The number of hydrogen-bond acceptors (Lipinski definition) is 3. The summed E-state index contributed by atoms with van der Waals surface area (Å²) in [5.41, 5.74) is 5.72. The fraction of sp³-hybridized carbons (Fsp3) is 0.0741. The summed E-state index contributed by atoms with van der Waals surface area (Å²) in [7, 11) is 0. The van der Waals surface area contributed by atoms with Crippen molar-refractivity contribution in [2.45, 2.75) is 13.5 Å². The molecule has 5 heteroatoms. The molecule has 5 nitrogen and oxygen atoms in total. The number of nitrogens with zero attached hydrogens (tertiary/aromatic N) is 5. The molecule has 0 radical (unpaired) electrons. The van der Waals surface area contributed by atoms with Crippen molar-refractivity contribution >= 4 is 27.9 Å². The van der Waals surface area contributed by atoms with Crippen LogP contribution in [0.2, 0.25) is 0 Å². The zero-order valence-electron chi connectivity index (χ0n) is 17.5. The van der Waals surface area contributed by atoms with E-state index in [1.807, 2.05) is 48.7 Å². The van der Waals surface area contributed by atoms with Crippen LogP contribution in [0.15, 0.2) is 84.6 Å². The van der Waals surface area contributed by atoms with Gasteiger partial charge < -0.3 is 4.57 Å². The summed E-state index contributed by atoms with van der Waals surface area (Å²) in [6, 6.07) is 28.4. The number of para-hydroxylation sites is 2. The third-order valence-electron chi connectivity index (χ3n) is 5.67. The van der Waals surface area contributed by atoms with Crippen LogP contribution in [0.5, 0.6) is 0 Å². The van der Waals surface area contributed by atoms with Crippen molar-refractivity contribution in [3.05, 3.63) is 90.1 Å². The third-order valence-corrected chi connectivity index (χ3v) is 5.67.